The van der Waals surface area contributed by atoms with Crippen LogP contribution in [-0.4, -0.2) is 54.7 Å². The van der Waals surface area contributed by atoms with Gasteiger partial charge in [0.15, 0.2) is 0 Å². The number of benzene rings is 1. The van der Waals surface area contributed by atoms with E-state index in [1.807, 2.05) is 36.1 Å². The molecule has 1 unspecified atom stereocenters. The molecule has 1 aromatic rings. The number of aryl methyl sites for hydroxylation is 1. The van der Waals surface area contributed by atoms with Crippen molar-refractivity contribution in [1.82, 2.24) is 10.2 Å². The zero-order valence-electron chi connectivity index (χ0n) is 13.9. The Hall–Kier alpha value is -1.79. The molecule has 6 nitrogen and oxygen atoms in total. The average molecular weight is 357 g/mol. The largest absolute Gasteiger partial charge is 0.494 e. The second-order valence-corrected chi connectivity index (χ2v) is 5.93. The number of hydrogen-bond acceptors (Lipinski definition) is 4. The van der Waals surface area contributed by atoms with E-state index >= 15 is 0 Å². The van der Waals surface area contributed by atoms with Crippen LogP contribution in [0.15, 0.2) is 24.3 Å². The van der Waals surface area contributed by atoms with Gasteiger partial charge in [-0.05, 0) is 44.0 Å². The number of rotatable bonds is 8. The molecule has 0 spiro atoms. The molecule has 1 aromatic carbocycles. The van der Waals surface area contributed by atoms with Crippen LogP contribution in [0.25, 0.3) is 0 Å². The Morgan fingerprint density at radius 2 is 2.21 bits per heavy atom. The highest BCUT2D eigenvalue weighted by atomic mass is 35.5. The van der Waals surface area contributed by atoms with E-state index in [1.165, 1.54) is 0 Å². The number of nitrogens with one attached hydrogen (secondary N) is 1. The first-order chi connectivity index (χ1) is 11.0. The van der Waals surface area contributed by atoms with Crippen molar-refractivity contribution in [3.8, 4) is 5.75 Å². The van der Waals surface area contributed by atoms with Crippen LogP contribution >= 0.6 is 12.4 Å². The van der Waals surface area contributed by atoms with E-state index in [4.69, 9.17) is 9.84 Å². The quantitative estimate of drug-likeness (QED) is 0.693. The molecule has 0 saturated carbocycles. The number of carboxylic acid groups (broad SMARTS) is 1. The highest BCUT2D eigenvalue weighted by molar-refractivity contribution is 5.85. The summed E-state index contributed by atoms with van der Waals surface area (Å²) in [5, 5.41) is 11.8. The number of carbonyl (C=O) groups excluding carboxylic acids is 1. The van der Waals surface area contributed by atoms with E-state index in [-0.39, 0.29) is 30.8 Å². The Morgan fingerprint density at radius 1 is 1.42 bits per heavy atom. The predicted octanol–water partition coefficient (Wildman–Crippen LogP) is 1.71. The molecule has 1 saturated heterocycles. The molecule has 1 atom stereocenters. The Balaban J connectivity index is 0.00000288. The summed E-state index contributed by atoms with van der Waals surface area (Å²) in [6, 6.07) is 7.86. The molecule has 0 bridgehead atoms. The lowest BCUT2D eigenvalue weighted by molar-refractivity contribution is -0.141. The summed E-state index contributed by atoms with van der Waals surface area (Å²) in [6.45, 7) is 4.51. The first-order valence-electron chi connectivity index (χ1n) is 7.96. The molecule has 134 valence electrons. The molecular weight excluding hydrogens is 332 g/mol. The molecule has 1 heterocycles. The van der Waals surface area contributed by atoms with Crippen molar-refractivity contribution in [3.05, 3.63) is 29.8 Å². The molecule has 2 N–H and O–H groups in total. The summed E-state index contributed by atoms with van der Waals surface area (Å²) in [6.07, 6.45) is 1.35. The summed E-state index contributed by atoms with van der Waals surface area (Å²) >= 11 is 0. The van der Waals surface area contributed by atoms with Gasteiger partial charge in [-0.25, -0.2) is 0 Å². The molecule has 0 aliphatic carbocycles. The van der Waals surface area contributed by atoms with Crippen LogP contribution in [0.1, 0.15) is 18.4 Å². The Bertz CT molecular complexity index is 553. The maximum atomic E-state index is 11.8. The highest BCUT2D eigenvalue weighted by Crippen LogP contribution is 2.15. The molecule has 0 aromatic heterocycles. The van der Waals surface area contributed by atoms with Gasteiger partial charge in [-0.2, -0.15) is 0 Å². The van der Waals surface area contributed by atoms with Gasteiger partial charge in [0.2, 0.25) is 5.91 Å². The summed E-state index contributed by atoms with van der Waals surface area (Å²) in [5.41, 5.74) is 1.15. The zero-order valence-corrected chi connectivity index (χ0v) is 14.7. The van der Waals surface area contributed by atoms with Crippen molar-refractivity contribution in [3.63, 3.8) is 0 Å². The lowest BCUT2D eigenvalue weighted by atomic mass is 10.1. The lowest BCUT2D eigenvalue weighted by Gasteiger charge is -2.14. The second kappa shape index (κ2) is 10.2. The van der Waals surface area contributed by atoms with Crippen molar-refractivity contribution in [2.75, 3.05) is 32.8 Å². The van der Waals surface area contributed by atoms with Crippen molar-refractivity contribution in [1.29, 1.82) is 0 Å². The third-order valence-corrected chi connectivity index (χ3v) is 3.89. The van der Waals surface area contributed by atoms with Gasteiger partial charge >= 0.3 is 5.97 Å². The first kappa shape index (κ1) is 20.3. The minimum atomic E-state index is -0.777. The van der Waals surface area contributed by atoms with Gasteiger partial charge in [-0.1, -0.05) is 12.1 Å². The fourth-order valence-corrected chi connectivity index (χ4v) is 2.63. The van der Waals surface area contributed by atoms with Crippen LogP contribution in [0.5, 0.6) is 5.75 Å². The fraction of sp³-hybridized carbons (Fsp3) is 0.529. The van der Waals surface area contributed by atoms with Gasteiger partial charge in [-0.3, -0.25) is 14.5 Å². The molecule has 7 heteroatoms. The van der Waals surface area contributed by atoms with E-state index in [0.29, 0.717) is 32.7 Å². The number of carbonyl (C=O) groups is 2. The Kier molecular flexibility index (Phi) is 8.57. The molecule has 0 radical (unpaired) electrons. The minimum Gasteiger partial charge on any atom is -0.494 e. The zero-order chi connectivity index (χ0) is 16.7. The maximum absolute atomic E-state index is 11.8. The van der Waals surface area contributed by atoms with E-state index in [2.05, 4.69) is 5.32 Å². The smallest absolute Gasteiger partial charge is 0.307 e. The monoisotopic (exact) mass is 356 g/mol. The number of halogens is 1. The number of hydrogen-bond donors (Lipinski definition) is 2. The first-order valence-corrected chi connectivity index (χ1v) is 7.96. The molecule has 1 aliphatic rings. The Labute approximate surface area is 148 Å². The van der Waals surface area contributed by atoms with Crippen molar-refractivity contribution < 1.29 is 19.4 Å². The van der Waals surface area contributed by atoms with Gasteiger partial charge < -0.3 is 15.2 Å². The van der Waals surface area contributed by atoms with E-state index in [0.717, 1.165) is 17.7 Å². The number of carboxylic acids is 1. The topological polar surface area (TPSA) is 78.9 Å². The number of ether oxygens (including phenoxy) is 1. The summed E-state index contributed by atoms with van der Waals surface area (Å²) in [7, 11) is 0. The van der Waals surface area contributed by atoms with Crippen LogP contribution in [0.2, 0.25) is 0 Å². The van der Waals surface area contributed by atoms with E-state index in [1.54, 1.807) is 0 Å². The average Bonchev–Trinajstić information content (AvgIpc) is 2.95. The molecule has 1 fully saturated rings. The van der Waals surface area contributed by atoms with Gasteiger partial charge in [0.25, 0.3) is 0 Å². The number of aliphatic carboxylic acids is 1. The van der Waals surface area contributed by atoms with Crippen LogP contribution in [-0.2, 0) is 9.59 Å². The standard InChI is InChI=1S/C17H24N2O4.ClH/c1-13-4-2-5-15(10-13)23-9-3-7-18-16(20)12-19-8-6-14(11-19)17(21)22;/h2,4-5,10,14H,3,6-9,11-12H2,1H3,(H,18,20)(H,21,22);1H. The van der Waals surface area contributed by atoms with Gasteiger partial charge in [0, 0.05) is 13.1 Å². The van der Waals surface area contributed by atoms with Crippen LogP contribution < -0.4 is 10.1 Å². The number of nitrogens with zero attached hydrogens (tertiary/aromatic N) is 1. The van der Waals surface area contributed by atoms with Crippen LogP contribution in [0.3, 0.4) is 0 Å². The lowest BCUT2D eigenvalue weighted by Crippen LogP contribution is -2.37. The maximum Gasteiger partial charge on any atom is 0.307 e. The third-order valence-electron chi connectivity index (χ3n) is 3.89. The van der Waals surface area contributed by atoms with Crippen LogP contribution in [0.4, 0.5) is 0 Å². The van der Waals surface area contributed by atoms with Gasteiger partial charge in [0.05, 0.1) is 19.1 Å². The normalized spacial score (nSPS) is 17.1. The third kappa shape index (κ3) is 6.76. The van der Waals surface area contributed by atoms with Gasteiger partial charge in [0.1, 0.15) is 5.75 Å². The van der Waals surface area contributed by atoms with Crippen LogP contribution in [0, 0.1) is 12.8 Å². The van der Waals surface area contributed by atoms with Crippen molar-refractivity contribution in [2.24, 2.45) is 5.92 Å². The summed E-state index contributed by atoms with van der Waals surface area (Å²) in [4.78, 5) is 24.6. The fourth-order valence-electron chi connectivity index (χ4n) is 2.63. The summed E-state index contributed by atoms with van der Waals surface area (Å²) in [5.74, 6) is -0.341. The van der Waals surface area contributed by atoms with E-state index in [9.17, 15) is 9.59 Å². The number of likely N-dealkylation sites (tertiary alicyclic amines) is 1. The number of amides is 1. The molecule has 1 aliphatic heterocycles. The van der Waals surface area contributed by atoms with Crippen molar-refractivity contribution >= 4 is 24.3 Å². The van der Waals surface area contributed by atoms with Gasteiger partial charge in [-0.15, -0.1) is 12.4 Å². The molecule has 24 heavy (non-hydrogen) atoms. The molecule has 2 rings (SSSR count). The highest BCUT2D eigenvalue weighted by Gasteiger charge is 2.28. The summed E-state index contributed by atoms with van der Waals surface area (Å²) < 4.78 is 5.62. The van der Waals surface area contributed by atoms with Crippen molar-refractivity contribution in [2.45, 2.75) is 19.8 Å². The van der Waals surface area contributed by atoms with E-state index < -0.39 is 5.97 Å². The minimum absolute atomic E-state index is 0. The SMILES string of the molecule is Cc1cccc(OCCCNC(=O)CN2CCC(C(=O)O)C2)c1.Cl. The molecule has 1 amide bonds. The second-order valence-electron chi connectivity index (χ2n) is 5.93. The Morgan fingerprint density at radius 3 is 2.88 bits per heavy atom. The molecular formula is C17H25ClN2O4. The predicted molar refractivity (Wildman–Crippen MR) is 93.7 cm³/mol.